The number of aromatic nitrogens is 2. The highest BCUT2D eigenvalue weighted by Gasteiger charge is 2.30. The average Bonchev–Trinajstić information content (AvgIpc) is 3.37. The number of Topliss-reactive ketones (excluding diaryl/α,β-unsaturated/α-hetero) is 1. The molecule has 6 nitrogen and oxygen atoms in total. The van der Waals surface area contributed by atoms with Gasteiger partial charge in [-0.3, -0.25) is 4.79 Å². The number of fused-ring (bicyclic) bond motifs is 1. The summed E-state index contributed by atoms with van der Waals surface area (Å²) in [4.78, 5) is 13.6. The second kappa shape index (κ2) is 12.6. The molecule has 0 radical (unpaired) electrons. The number of hydrogen-bond donors (Lipinski definition) is 2. The van der Waals surface area contributed by atoms with E-state index in [-0.39, 0.29) is 17.6 Å². The van der Waals surface area contributed by atoms with Crippen molar-refractivity contribution in [2.75, 3.05) is 26.8 Å². The van der Waals surface area contributed by atoms with Gasteiger partial charge < -0.3 is 14.8 Å². The first-order valence-electron chi connectivity index (χ1n) is 13.4. The normalized spacial score (nSPS) is 17.1. The molecule has 38 heavy (non-hydrogen) atoms. The van der Waals surface area contributed by atoms with Crippen molar-refractivity contribution in [2.24, 2.45) is 11.8 Å². The van der Waals surface area contributed by atoms with E-state index >= 15 is 0 Å². The van der Waals surface area contributed by atoms with E-state index in [0.717, 1.165) is 45.1 Å². The molecule has 2 aliphatic heterocycles. The van der Waals surface area contributed by atoms with Gasteiger partial charge in [0.1, 0.15) is 5.75 Å². The zero-order valence-electron chi connectivity index (χ0n) is 22.9. The van der Waals surface area contributed by atoms with Gasteiger partial charge in [0, 0.05) is 10.6 Å². The van der Waals surface area contributed by atoms with Crippen LogP contribution in [-0.4, -0.2) is 42.8 Å². The van der Waals surface area contributed by atoms with Crippen molar-refractivity contribution >= 4 is 23.0 Å². The molecule has 1 fully saturated rings. The summed E-state index contributed by atoms with van der Waals surface area (Å²) in [6.07, 6.45) is 5.64. The number of carbonyl (C=O) groups excluding carboxylic acids is 1. The number of H-pyrrole nitrogens is 1. The molecule has 1 unspecified atom stereocenters. The Hall–Kier alpha value is -3.09. The predicted octanol–water partition coefficient (Wildman–Crippen LogP) is 6.70. The predicted molar refractivity (Wildman–Crippen MR) is 154 cm³/mol. The van der Waals surface area contributed by atoms with Gasteiger partial charge in [0.2, 0.25) is 5.88 Å². The number of rotatable bonds is 7. The highest BCUT2D eigenvalue weighted by Crippen LogP contribution is 2.37. The Morgan fingerprint density at radius 1 is 1.24 bits per heavy atom. The number of halogens is 1. The van der Waals surface area contributed by atoms with Crippen LogP contribution in [0.1, 0.15) is 56.7 Å². The minimum absolute atomic E-state index is 0.0914. The first-order valence-corrected chi connectivity index (χ1v) is 13.8. The molecule has 2 aliphatic rings. The zero-order valence-corrected chi connectivity index (χ0v) is 23.7. The number of aromatic amines is 1. The molecule has 0 amide bonds. The van der Waals surface area contributed by atoms with Crippen LogP contribution in [-0.2, 0) is 11.2 Å². The Kier molecular flexibility index (Phi) is 9.29. The van der Waals surface area contributed by atoms with E-state index in [1.807, 2.05) is 43.3 Å². The molecule has 0 aliphatic carbocycles. The summed E-state index contributed by atoms with van der Waals surface area (Å²) in [6.45, 7) is 11.3. The molecule has 2 aromatic carbocycles. The molecule has 1 saturated heterocycles. The van der Waals surface area contributed by atoms with Crippen LogP contribution in [0.25, 0.3) is 16.7 Å². The molecule has 1 atom stereocenters. The number of hydrogen-bond acceptors (Lipinski definition) is 5. The van der Waals surface area contributed by atoms with E-state index in [1.165, 1.54) is 19.5 Å². The molecule has 3 heterocycles. The fraction of sp³-hybridized carbons (Fsp3) is 0.419. The summed E-state index contributed by atoms with van der Waals surface area (Å²) >= 11 is 6.16. The lowest BCUT2D eigenvalue weighted by molar-refractivity contribution is -0.118. The van der Waals surface area contributed by atoms with Gasteiger partial charge in [-0.2, -0.15) is 5.10 Å². The number of methoxy groups -OCH3 is 1. The summed E-state index contributed by atoms with van der Waals surface area (Å²) in [5.74, 6) is 2.50. The third-order valence-corrected chi connectivity index (χ3v) is 7.62. The fourth-order valence-electron chi connectivity index (χ4n) is 4.91. The third-order valence-electron chi connectivity index (χ3n) is 7.38. The van der Waals surface area contributed by atoms with Crippen LogP contribution in [0.4, 0.5) is 0 Å². The topological polar surface area (TPSA) is 76.2 Å². The number of nitrogens with one attached hydrogen (secondary N) is 2. The van der Waals surface area contributed by atoms with Crippen molar-refractivity contribution in [3.63, 3.8) is 0 Å². The largest absolute Gasteiger partial charge is 0.493 e. The maximum atomic E-state index is 13.6. The number of ketones is 1. The number of carbonyl (C=O) groups is 1. The molecule has 0 bridgehead atoms. The number of benzene rings is 2. The molecular weight excluding hydrogens is 498 g/mol. The second-order valence-electron chi connectivity index (χ2n) is 10.2. The molecule has 202 valence electrons. The zero-order chi connectivity index (χ0) is 27.2. The van der Waals surface area contributed by atoms with Gasteiger partial charge in [-0.25, -0.2) is 5.10 Å². The minimum atomic E-state index is -0.249. The van der Waals surface area contributed by atoms with Crippen molar-refractivity contribution in [1.82, 2.24) is 15.5 Å². The smallest absolute Gasteiger partial charge is 0.216 e. The van der Waals surface area contributed by atoms with Crippen LogP contribution in [0.15, 0.2) is 48.7 Å². The maximum Gasteiger partial charge on any atom is 0.216 e. The van der Waals surface area contributed by atoms with Crippen molar-refractivity contribution in [3.8, 4) is 22.8 Å². The number of ether oxygens (including phenoxy) is 2. The van der Waals surface area contributed by atoms with Gasteiger partial charge in [0.15, 0.2) is 5.78 Å². The van der Waals surface area contributed by atoms with E-state index in [9.17, 15) is 4.79 Å². The van der Waals surface area contributed by atoms with Crippen molar-refractivity contribution in [2.45, 2.75) is 46.5 Å². The molecule has 3 aromatic rings. The monoisotopic (exact) mass is 535 g/mol. The third kappa shape index (κ3) is 6.13. The first kappa shape index (κ1) is 27.9. The van der Waals surface area contributed by atoms with Crippen molar-refractivity contribution in [1.29, 1.82) is 0 Å². The van der Waals surface area contributed by atoms with Crippen LogP contribution >= 0.6 is 11.6 Å². The Labute approximate surface area is 230 Å². The molecule has 0 saturated carbocycles. The quantitative estimate of drug-likeness (QED) is 0.329. The summed E-state index contributed by atoms with van der Waals surface area (Å²) in [6, 6.07) is 11.7. The average molecular weight is 536 g/mol. The Morgan fingerprint density at radius 2 is 2.03 bits per heavy atom. The van der Waals surface area contributed by atoms with Gasteiger partial charge >= 0.3 is 0 Å². The maximum absolute atomic E-state index is 13.6. The van der Waals surface area contributed by atoms with Crippen molar-refractivity contribution in [3.05, 3.63) is 70.4 Å². The van der Waals surface area contributed by atoms with Crippen molar-refractivity contribution < 1.29 is 14.3 Å². The molecule has 2 N–H and O–H groups in total. The lowest BCUT2D eigenvalue weighted by Gasteiger charge is -2.26. The highest BCUT2D eigenvalue weighted by molar-refractivity contribution is 6.30. The second-order valence-corrected chi connectivity index (χ2v) is 10.7. The van der Waals surface area contributed by atoms with E-state index in [0.29, 0.717) is 23.9 Å². The van der Waals surface area contributed by atoms with E-state index in [2.05, 4.69) is 42.4 Å². The fourth-order valence-corrected chi connectivity index (χ4v) is 5.10. The van der Waals surface area contributed by atoms with Gasteiger partial charge in [0.05, 0.1) is 31.4 Å². The Balaban J connectivity index is 0.000000494. The van der Waals surface area contributed by atoms with Crippen LogP contribution in [0, 0.1) is 11.8 Å². The molecule has 0 spiro atoms. The van der Waals surface area contributed by atoms with Gasteiger partial charge in [-0.15, -0.1) is 0 Å². The summed E-state index contributed by atoms with van der Waals surface area (Å²) in [5, 5.41) is 10.8. The summed E-state index contributed by atoms with van der Waals surface area (Å²) in [5.41, 5.74) is 5.64. The van der Waals surface area contributed by atoms with Crippen LogP contribution in [0.2, 0.25) is 5.02 Å². The molecular formula is C31H38ClN3O3. The number of nitrogens with zero attached hydrogens (tertiary/aromatic N) is 1. The van der Waals surface area contributed by atoms with E-state index in [4.69, 9.17) is 21.1 Å². The Morgan fingerprint density at radius 3 is 2.63 bits per heavy atom. The van der Waals surface area contributed by atoms with Crippen LogP contribution < -0.4 is 14.8 Å². The van der Waals surface area contributed by atoms with Crippen LogP contribution in [0.3, 0.4) is 0 Å². The van der Waals surface area contributed by atoms with E-state index < -0.39 is 0 Å². The highest BCUT2D eigenvalue weighted by atomic mass is 35.5. The lowest BCUT2D eigenvalue weighted by atomic mass is 9.83. The summed E-state index contributed by atoms with van der Waals surface area (Å²) < 4.78 is 11.3. The van der Waals surface area contributed by atoms with Gasteiger partial charge in [-0.05, 0) is 78.7 Å². The lowest BCUT2D eigenvalue weighted by Crippen LogP contribution is -2.41. The molecule has 7 heteroatoms. The Bertz CT molecular complexity index is 1290. The molecule has 1 aromatic heterocycles. The van der Waals surface area contributed by atoms with E-state index in [1.54, 1.807) is 13.3 Å². The summed E-state index contributed by atoms with van der Waals surface area (Å²) in [7, 11) is 1.61. The SMILES string of the molecule is C/C=C(/C(=O)C1COc2ccc(Cl)cc2C1)c1ccc(-c2cn[nH]c2OC)cc1C(C)C.CCC1CNC1. The van der Waals surface area contributed by atoms with Gasteiger partial charge in [-0.1, -0.05) is 63.1 Å². The standard InChI is InChI=1S/C26H27ClN2O3.C5H11N/c1-5-20(25(30)18-10-17-11-19(27)7-9-24(17)32-14-18)21-8-6-16(12-22(21)15(2)3)23-13-28-29-26(23)31-4;1-2-5-3-6-4-5/h5-9,11-13,15,18H,10,14H2,1-4H3,(H,28,29);5-6H,2-4H2,1H3/b20-5+;. The van der Waals surface area contributed by atoms with Crippen LogP contribution in [0.5, 0.6) is 11.6 Å². The number of allylic oxidation sites excluding steroid dienone is 2. The molecule has 5 rings (SSSR count). The minimum Gasteiger partial charge on any atom is -0.493 e. The van der Waals surface area contributed by atoms with Gasteiger partial charge in [0.25, 0.3) is 0 Å². The first-order chi connectivity index (χ1) is 18.4.